The Labute approximate surface area is 303 Å². The van der Waals surface area contributed by atoms with E-state index < -0.39 is 0 Å². The van der Waals surface area contributed by atoms with Crippen LogP contribution in [-0.2, 0) is 0 Å². The van der Waals surface area contributed by atoms with E-state index in [4.69, 9.17) is 8.83 Å². The number of thiophene rings is 1. The molecule has 0 aliphatic carbocycles. The largest absolute Gasteiger partial charge is 0.456 e. The van der Waals surface area contributed by atoms with Crippen molar-refractivity contribution in [2.24, 2.45) is 0 Å². The second-order valence-electron chi connectivity index (χ2n) is 13.2. The molecule has 0 unspecified atom stereocenters. The first-order valence-corrected chi connectivity index (χ1v) is 18.3. The van der Waals surface area contributed by atoms with Crippen molar-refractivity contribution in [3.8, 4) is 22.3 Å². The minimum absolute atomic E-state index is 0.863. The molecular weight excluding hydrogens is 655 g/mol. The standard InChI is InChI=1S/C48H29NO2S/c1-3-13-30(14-4-1)32-27-40(46-37-19-9-12-22-44(37)52-45(46)28-32)49(33-23-26-43-38(29-33)35-17-7-10-20-41(35)50-43)39-25-24-34(31-15-5-2-6-16-31)48-47(39)36-18-8-11-21-42(36)51-48/h1-29H. The van der Waals surface area contributed by atoms with E-state index in [2.05, 4.69) is 163 Å². The van der Waals surface area contributed by atoms with Crippen LogP contribution in [0.4, 0.5) is 17.1 Å². The predicted molar refractivity (Wildman–Crippen MR) is 219 cm³/mol. The molecule has 0 N–H and O–H groups in total. The summed E-state index contributed by atoms with van der Waals surface area (Å²) >= 11 is 1.85. The van der Waals surface area contributed by atoms with Crippen molar-refractivity contribution < 1.29 is 8.83 Å². The summed E-state index contributed by atoms with van der Waals surface area (Å²) in [7, 11) is 0. The van der Waals surface area contributed by atoms with Crippen LogP contribution in [0, 0.1) is 0 Å². The average Bonchev–Trinajstić information content (AvgIpc) is 3.90. The summed E-state index contributed by atoms with van der Waals surface area (Å²) in [4.78, 5) is 2.45. The lowest BCUT2D eigenvalue weighted by molar-refractivity contribution is 0.669. The summed E-state index contributed by atoms with van der Waals surface area (Å²) in [6, 6.07) is 62.5. The Morgan fingerprint density at radius 2 is 1.04 bits per heavy atom. The highest BCUT2D eigenvalue weighted by Gasteiger charge is 2.26. The fourth-order valence-corrected chi connectivity index (χ4v) is 9.08. The van der Waals surface area contributed by atoms with Gasteiger partial charge in [-0.15, -0.1) is 11.3 Å². The smallest absolute Gasteiger partial charge is 0.145 e. The fraction of sp³-hybridized carbons (Fsp3) is 0. The molecule has 0 aliphatic rings. The van der Waals surface area contributed by atoms with E-state index in [1.54, 1.807) is 0 Å². The second kappa shape index (κ2) is 11.5. The monoisotopic (exact) mass is 683 g/mol. The minimum Gasteiger partial charge on any atom is -0.456 e. The van der Waals surface area contributed by atoms with Crippen molar-refractivity contribution in [3.63, 3.8) is 0 Å². The molecule has 3 aromatic heterocycles. The first-order chi connectivity index (χ1) is 25.8. The van der Waals surface area contributed by atoms with Crippen LogP contribution >= 0.6 is 11.3 Å². The van der Waals surface area contributed by atoms with Crippen LogP contribution in [0.5, 0.6) is 0 Å². The first kappa shape index (κ1) is 29.1. The zero-order chi connectivity index (χ0) is 34.2. The maximum atomic E-state index is 6.81. The van der Waals surface area contributed by atoms with Crippen LogP contribution in [-0.4, -0.2) is 0 Å². The molecule has 0 atom stereocenters. The molecule has 11 aromatic rings. The van der Waals surface area contributed by atoms with E-state index in [1.807, 2.05) is 29.5 Å². The van der Waals surface area contributed by atoms with Crippen molar-refractivity contribution in [3.05, 3.63) is 176 Å². The lowest BCUT2D eigenvalue weighted by Crippen LogP contribution is -2.11. The van der Waals surface area contributed by atoms with Gasteiger partial charge in [0.05, 0.1) is 16.8 Å². The van der Waals surface area contributed by atoms with Gasteiger partial charge in [-0.05, 0) is 77.4 Å². The molecule has 0 saturated heterocycles. The van der Waals surface area contributed by atoms with Gasteiger partial charge in [-0.2, -0.15) is 0 Å². The summed E-state index contributed by atoms with van der Waals surface area (Å²) < 4.78 is 15.7. The van der Waals surface area contributed by atoms with Gasteiger partial charge in [-0.25, -0.2) is 0 Å². The lowest BCUT2D eigenvalue weighted by atomic mass is 9.98. The van der Waals surface area contributed by atoms with Crippen LogP contribution in [0.2, 0.25) is 0 Å². The number of furan rings is 2. The normalized spacial score (nSPS) is 11.8. The Hall–Kier alpha value is -6.62. The highest BCUT2D eigenvalue weighted by molar-refractivity contribution is 7.26. The number of hydrogen-bond donors (Lipinski definition) is 0. The predicted octanol–water partition coefficient (Wildman–Crippen LogP) is 14.7. The topological polar surface area (TPSA) is 29.5 Å². The van der Waals surface area contributed by atoms with Gasteiger partial charge in [-0.3, -0.25) is 0 Å². The van der Waals surface area contributed by atoms with Crippen molar-refractivity contribution in [2.45, 2.75) is 0 Å². The summed E-state index contributed by atoms with van der Waals surface area (Å²) in [6.45, 7) is 0. The van der Waals surface area contributed by atoms with Gasteiger partial charge in [0, 0.05) is 47.6 Å². The number of fused-ring (bicyclic) bond motifs is 9. The van der Waals surface area contributed by atoms with Crippen LogP contribution in [0.15, 0.2) is 185 Å². The van der Waals surface area contributed by atoms with Crippen molar-refractivity contribution in [1.82, 2.24) is 0 Å². The van der Waals surface area contributed by atoms with E-state index in [1.165, 1.54) is 31.3 Å². The fourth-order valence-electron chi connectivity index (χ4n) is 7.91. The molecule has 0 fully saturated rings. The molecule has 8 aromatic carbocycles. The van der Waals surface area contributed by atoms with Gasteiger partial charge in [0.15, 0.2) is 0 Å². The van der Waals surface area contributed by atoms with Crippen LogP contribution in [0.25, 0.3) is 86.3 Å². The molecule has 244 valence electrons. The Morgan fingerprint density at radius 1 is 0.385 bits per heavy atom. The molecule has 11 rings (SSSR count). The third-order valence-electron chi connectivity index (χ3n) is 10.3. The van der Waals surface area contributed by atoms with Gasteiger partial charge in [0.1, 0.15) is 22.3 Å². The molecule has 0 radical (unpaired) electrons. The third-order valence-corrected chi connectivity index (χ3v) is 11.4. The highest BCUT2D eigenvalue weighted by Crippen LogP contribution is 2.51. The summed E-state index contributed by atoms with van der Waals surface area (Å²) in [5.41, 5.74) is 11.2. The number of benzene rings is 8. The van der Waals surface area contributed by atoms with Gasteiger partial charge >= 0.3 is 0 Å². The Bertz CT molecular complexity index is 3130. The Balaban J connectivity index is 1.30. The van der Waals surface area contributed by atoms with Gasteiger partial charge < -0.3 is 13.7 Å². The molecule has 52 heavy (non-hydrogen) atoms. The van der Waals surface area contributed by atoms with Crippen LogP contribution in [0.3, 0.4) is 0 Å². The number of rotatable bonds is 5. The highest BCUT2D eigenvalue weighted by atomic mass is 32.1. The minimum atomic E-state index is 0.863. The molecule has 3 heterocycles. The van der Waals surface area contributed by atoms with Gasteiger partial charge in [-0.1, -0.05) is 115 Å². The maximum Gasteiger partial charge on any atom is 0.145 e. The molecule has 0 aliphatic heterocycles. The van der Waals surface area contributed by atoms with Crippen molar-refractivity contribution >= 4 is 92.4 Å². The maximum absolute atomic E-state index is 6.81. The van der Waals surface area contributed by atoms with Crippen LogP contribution in [0.1, 0.15) is 0 Å². The van der Waals surface area contributed by atoms with E-state index in [0.717, 1.165) is 72.1 Å². The number of nitrogens with zero attached hydrogens (tertiary/aromatic N) is 1. The SMILES string of the molecule is c1ccc(-c2cc(N(c3ccc4oc5ccccc5c4c3)c3ccc(-c4ccccc4)c4oc5ccccc5c34)c3c(c2)sc2ccccc23)cc1. The number of para-hydroxylation sites is 2. The van der Waals surface area contributed by atoms with Crippen molar-refractivity contribution in [1.29, 1.82) is 0 Å². The molecular formula is C48H29NO2S. The molecule has 3 nitrogen and oxygen atoms in total. The Kier molecular flexibility index (Phi) is 6.42. The molecule has 0 bridgehead atoms. The summed E-state index contributed by atoms with van der Waals surface area (Å²) in [5, 5.41) is 6.80. The Morgan fingerprint density at radius 3 is 1.85 bits per heavy atom. The zero-order valence-corrected chi connectivity index (χ0v) is 28.7. The summed E-state index contributed by atoms with van der Waals surface area (Å²) in [6.07, 6.45) is 0. The van der Waals surface area contributed by atoms with E-state index >= 15 is 0 Å². The summed E-state index contributed by atoms with van der Waals surface area (Å²) in [5.74, 6) is 0. The van der Waals surface area contributed by atoms with E-state index in [9.17, 15) is 0 Å². The van der Waals surface area contributed by atoms with Gasteiger partial charge in [0.25, 0.3) is 0 Å². The lowest BCUT2D eigenvalue weighted by Gasteiger charge is -2.28. The van der Waals surface area contributed by atoms with Gasteiger partial charge in [0.2, 0.25) is 0 Å². The quantitative estimate of drug-likeness (QED) is 0.181. The second-order valence-corrected chi connectivity index (χ2v) is 14.3. The average molecular weight is 684 g/mol. The molecule has 0 amide bonds. The third kappa shape index (κ3) is 4.45. The van der Waals surface area contributed by atoms with E-state index in [-0.39, 0.29) is 0 Å². The number of hydrogen-bond acceptors (Lipinski definition) is 4. The molecule has 0 spiro atoms. The first-order valence-electron chi connectivity index (χ1n) is 17.5. The molecule has 0 saturated carbocycles. The number of anilines is 3. The zero-order valence-electron chi connectivity index (χ0n) is 27.9. The van der Waals surface area contributed by atoms with E-state index in [0.29, 0.717) is 0 Å². The van der Waals surface area contributed by atoms with Crippen molar-refractivity contribution in [2.75, 3.05) is 4.90 Å². The molecule has 4 heteroatoms. The van der Waals surface area contributed by atoms with Crippen LogP contribution < -0.4 is 4.90 Å².